The summed E-state index contributed by atoms with van der Waals surface area (Å²) in [6, 6.07) is 8.58. The summed E-state index contributed by atoms with van der Waals surface area (Å²) in [6.07, 6.45) is 0.915. The Kier molecular flexibility index (Phi) is 2.96. The SMILES string of the molecule is CC(C)(C)c1ccc([C@@H]2C[C@@H]2C(=O)NN)cc1. The van der Waals surface area contributed by atoms with Crippen molar-refractivity contribution in [1.82, 2.24) is 5.43 Å². The third-order valence-electron chi connectivity index (χ3n) is 3.47. The zero-order valence-electron chi connectivity index (χ0n) is 10.7. The lowest BCUT2D eigenvalue weighted by Gasteiger charge is -2.19. The van der Waals surface area contributed by atoms with Crippen LogP contribution in [0, 0.1) is 5.92 Å². The van der Waals surface area contributed by atoms with Gasteiger partial charge >= 0.3 is 0 Å². The predicted molar refractivity (Wildman–Crippen MR) is 68.3 cm³/mol. The van der Waals surface area contributed by atoms with Crippen molar-refractivity contribution in [2.45, 2.75) is 38.5 Å². The minimum absolute atomic E-state index is 0.0464. The Balaban J connectivity index is 2.08. The molecule has 1 aromatic carbocycles. The van der Waals surface area contributed by atoms with Gasteiger partial charge in [-0.15, -0.1) is 0 Å². The van der Waals surface area contributed by atoms with Crippen LogP contribution < -0.4 is 11.3 Å². The highest BCUT2D eigenvalue weighted by atomic mass is 16.2. The first-order valence-electron chi connectivity index (χ1n) is 6.04. The number of carbonyl (C=O) groups is 1. The molecule has 3 nitrogen and oxygen atoms in total. The van der Waals surface area contributed by atoms with Gasteiger partial charge in [-0.3, -0.25) is 10.2 Å². The maximum atomic E-state index is 11.3. The monoisotopic (exact) mass is 232 g/mol. The Labute approximate surface area is 102 Å². The second kappa shape index (κ2) is 4.15. The van der Waals surface area contributed by atoms with Gasteiger partial charge in [0.2, 0.25) is 5.91 Å². The first-order valence-corrected chi connectivity index (χ1v) is 6.04. The van der Waals surface area contributed by atoms with Crippen LogP contribution in [0.25, 0.3) is 0 Å². The van der Waals surface area contributed by atoms with E-state index in [1.54, 1.807) is 0 Å². The summed E-state index contributed by atoms with van der Waals surface area (Å²) in [5, 5.41) is 0. The summed E-state index contributed by atoms with van der Waals surface area (Å²) >= 11 is 0. The molecule has 1 amide bonds. The number of carbonyl (C=O) groups excluding carboxylic acids is 1. The highest BCUT2D eigenvalue weighted by Gasteiger charge is 2.43. The Morgan fingerprint density at radius 3 is 2.35 bits per heavy atom. The van der Waals surface area contributed by atoms with Crippen LogP contribution in [0.3, 0.4) is 0 Å². The van der Waals surface area contributed by atoms with E-state index in [-0.39, 0.29) is 17.2 Å². The Morgan fingerprint density at radius 1 is 1.29 bits per heavy atom. The molecule has 0 aliphatic heterocycles. The molecule has 92 valence electrons. The molecule has 1 fully saturated rings. The average molecular weight is 232 g/mol. The number of hydrogen-bond acceptors (Lipinski definition) is 2. The van der Waals surface area contributed by atoms with Gasteiger partial charge in [0.05, 0.1) is 0 Å². The molecule has 2 atom stereocenters. The lowest BCUT2D eigenvalue weighted by atomic mass is 9.86. The summed E-state index contributed by atoms with van der Waals surface area (Å²) in [6.45, 7) is 6.59. The van der Waals surface area contributed by atoms with Crippen molar-refractivity contribution in [2.24, 2.45) is 11.8 Å². The van der Waals surface area contributed by atoms with E-state index in [1.165, 1.54) is 11.1 Å². The third-order valence-corrected chi connectivity index (χ3v) is 3.47. The van der Waals surface area contributed by atoms with Crippen molar-refractivity contribution in [3.8, 4) is 0 Å². The number of amides is 1. The molecule has 1 aromatic rings. The van der Waals surface area contributed by atoms with Gasteiger partial charge in [0.25, 0.3) is 0 Å². The van der Waals surface area contributed by atoms with Crippen LogP contribution in [0.5, 0.6) is 0 Å². The third kappa shape index (κ3) is 2.50. The molecule has 1 aliphatic rings. The second-order valence-corrected chi connectivity index (χ2v) is 5.83. The lowest BCUT2D eigenvalue weighted by Crippen LogP contribution is -2.31. The summed E-state index contributed by atoms with van der Waals surface area (Å²) in [5.74, 6) is 5.51. The summed E-state index contributed by atoms with van der Waals surface area (Å²) in [5.41, 5.74) is 4.96. The van der Waals surface area contributed by atoms with Gasteiger partial charge in [-0.05, 0) is 28.9 Å². The molecule has 3 heteroatoms. The van der Waals surface area contributed by atoms with E-state index < -0.39 is 0 Å². The van der Waals surface area contributed by atoms with Crippen molar-refractivity contribution >= 4 is 5.91 Å². The quantitative estimate of drug-likeness (QED) is 0.466. The topological polar surface area (TPSA) is 55.1 Å². The van der Waals surface area contributed by atoms with Crippen LogP contribution in [-0.2, 0) is 10.2 Å². The fraction of sp³-hybridized carbons (Fsp3) is 0.500. The van der Waals surface area contributed by atoms with Gasteiger partial charge in [0.1, 0.15) is 0 Å². The van der Waals surface area contributed by atoms with Crippen molar-refractivity contribution < 1.29 is 4.79 Å². The number of hydrogen-bond donors (Lipinski definition) is 2. The molecule has 1 saturated carbocycles. The fourth-order valence-electron chi connectivity index (χ4n) is 2.19. The summed E-state index contributed by atoms with van der Waals surface area (Å²) in [7, 11) is 0. The van der Waals surface area contributed by atoms with E-state index in [1.807, 2.05) is 0 Å². The van der Waals surface area contributed by atoms with Gasteiger partial charge in [0.15, 0.2) is 0 Å². The van der Waals surface area contributed by atoms with E-state index >= 15 is 0 Å². The molecule has 0 spiro atoms. The molecule has 2 rings (SSSR count). The van der Waals surface area contributed by atoms with Gasteiger partial charge < -0.3 is 0 Å². The van der Waals surface area contributed by atoms with Crippen molar-refractivity contribution in [1.29, 1.82) is 0 Å². The van der Waals surface area contributed by atoms with Gasteiger partial charge in [-0.25, -0.2) is 5.84 Å². The number of nitrogens with two attached hydrogens (primary N) is 1. The van der Waals surface area contributed by atoms with E-state index in [0.717, 1.165) is 6.42 Å². The fourth-order valence-corrected chi connectivity index (χ4v) is 2.19. The lowest BCUT2D eigenvalue weighted by molar-refractivity contribution is -0.122. The van der Waals surface area contributed by atoms with Crippen LogP contribution >= 0.6 is 0 Å². The molecule has 0 unspecified atom stereocenters. The molecule has 0 saturated heterocycles. The minimum atomic E-state index is -0.0464. The zero-order valence-corrected chi connectivity index (χ0v) is 10.7. The predicted octanol–water partition coefficient (Wildman–Crippen LogP) is 2.08. The average Bonchev–Trinajstić information content (AvgIpc) is 3.07. The second-order valence-electron chi connectivity index (χ2n) is 5.83. The van der Waals surface area contributed by atoms with E-state index in [9.17, 15) is 4.79 Å². The van der Waals surface area contributed by atoms with E-state index in [0.29, 0.717) is 5.92 Å². The molecular weight excluding hydrogens is 212 g/mol. The number of benzene rings is 1. The standard InChI is InChI=1S/C14H20N2O/c1-14(2,3)10-6-4-9(5-7-10)11-8-12(11)13(17)16-15/h4-7,11-12H,8,15H2,1-3H3,(H,16,17)/t11-,12-/m0/s1. The minimum Gasteiger partial charge on any atom is -0.294 e. The molecule has 0 bridgehead atoms. The Hall–Kier alpha value is -1.35. The normalized spacial score (nSPS) is 23.3. The van der Waals surface area contributed by atoms with E-state index in [4.69, 9.17) is 5.84 Å². The highest BCUT2D eigenvalue weighted by molar-refractivity contribution is 5.82. The molecular formula is C14H20N2O. The van der Waals surface area contributed by atoms with Crippen molar-refractivity contribution in [3.63, 3.8) is 0 Å². The van der Waals surface area contributed by atoms with Crippen LogP contribution in [0.2, 0.25) is 0 Å². The molecule has 0 aromatic heterocycles. The number of hydrazine groups is 1. The van der Waals surface area contributed by atoms with Gasteiger partial charge in [0, 0.05) is 5.92 Å². The summed E-state index contributed by atoms with van der Waals surface area (Å²) < 4.78 is 0. The van der Waals surface area contributed by atoms with Crippen LogP contribution in [-0.4, -0.2) is 5.91 Å². The first-order chi connectivity index (χ1) is 7.93. The molecule has 0 radical (unpaired) electrons. The summed E-state index contributed by atoms with van der Waals surface area (Å²) in [4.78, 5) is 11.3. The van der Waals surface area contributed by atoms with Crippen molar-refractivity contribution in [3.05, 3.63) is 35.4 Å². The number of nitrogens with one attached hydrogen (secondary N) is 1. The number of rotatable bonds is 2. The first kappa shape index (κ1) is 12.1. The van der Waals surface area contributed by atoms with Crippen LogP contribution in [0.4, 0.5) is 0 Å². The molecule has 0 heterocycles. The van der Waals surface area contributed by atoms with Crippen molar-refractivity contribution in [2.75, 3.05) is 0 Å². The van der Waals surface area contributed by atoms with Crippen LogP contribution in [0.15, 0.2) is 24.3 Å². The molecule has 3 N–H and O–H groups in total. The highest BCUT2D eigenvalue weighted by Crippen LogP contribution is 2.47. The van der Waals surface area contributed by atoms with E-state index in [2.05, 4.69) is 50.5 Å². The maximum absolute atomic E-state index is 11.3. The maximum Gasteiger partial charge on any atom is 0.237 e. The van der Waals surface area contributed by atoms with Gasteiger partial charge in [-0.2, -0.15) is 0 Å². The van der Waals surface area contributed by atoms with Gasteiger partial charge in [-0.1, -0.05) is 45.0 Å². The Morgan fingerprint density at radius 2 is 1.88 bits per heavy atom. The smallest absolute Gasteiger partial charge is 0.237 e. The molecule has 1 aliphatic carbocycles. The Bertz CT molecular complexity index is 417. The zero-order chi connectivity index (χ0) is 12.6. The molecule has 17 heavy (non-hydrogen) atoms. The largest absolute Gasteiger partial charge is 0.294 e. The van der Waals surface area contributed by atoms with Crippen LogP contribution in [0.1, 0.15) is 44.2 Å².